The number of anilines is 1. The molecule has 1 atom stereocenters. The van der Waals surface area contributed by atoms with Gasteiger partial charge in [0.1, 0.15) is 6.04 Å². The first-order chi connectivity index (χ1) is 9.11. The van der Waals surface area contributed by atoms with Crippen LogP contribution in [0.2, 0.25) is 5.02 Å². The summed E-state index contributed by atoms with van der Waals surface area (Å²) < 4.78 is 0. The third-order valence-electron chi connectivity index (χ3n) is 3.10. The molecule has 0 bridgehead atoms. The van der Waals surface area contributed by atoms with Crippen LogP contribution in [0.15, 0.2) is 42.5 Å². The van der Waals surface area contributed by atoms with Gasteiger partial charge in [0.05, 0.1) is 6.07 Å². The molecule has 19 heavy (non-hydrogen) atoms. The Hall–Kier alpha value is -1.98. The van der Waals surface area contributed by atoms with Gasteiger partial charge in [-0.1, -0.05) is 35.9 Å². The van der Waals surface area contributed by atoms with Gasteiger partial charge in [-0.25, -0.2) is 0 Å². The Kier molecular flexibility index (Phi) is 4.09. The molecule has 0 amide bonds. The smallest absolute Gasteiger partial charge is 0.140 e. The predicted molar refractivity (Wildman–Crippen MR) is 79.3 cm³/mol. The molecule has 0 aliphatic heterocycles. The molecular weight excluding hydrogens is 256 g/mol. The van der Waals surface area contributed by atoms with Crippen molar-refractivity contribution in [3.05, 3.63) is 64.2 Å². The molecule has 3 heteroatoms. The van der Waals surface area contributed by atoms with Gasteiger partial charge in [0.2, 0.25) is 0 Å². The fraction of sp³-hybridized carbons (Fsp3) is 0.188. The van der Waals surface area contributed by atoms with Crippen molar-refractivity contribution in [2.45, 2.75) is 19.9 Å². The second-order valence-electron chi connectivity index (χ2n) is 4.52. The molecule has 2 aromatic carbocycles. The number of rotatable bonds is 3. The Balaban J connectivity index is 2.34. The van der Waals surface area contributed by atoms with Crippen molar-refractivity contribution in [1.29, 1.82) is 5.26 Å². The van der Waals surface area contributed by atoms with Gasteiger partial charge in [0.15, 0.2) is 0 Å². The van der Waals surface area contributed by atoms with Crippen LogP contribution in [0, 0.1) is 25.2 Å². The van der Waals surface area contributed by atoms with Crippen LogP contribution in [-0.2, 0) is 0 Å². The quantitative estimate of drug-likeness (QED) is 0.882. The molecule has 1 unspecified atom stereocenters. The van der Waals surface area contributed by atoms with E-state index in [-0.39, 0.29) is 6.04 Å². The number of hydrogen-bond donors (Lipinski definition) is 1. The van der Waals surface area contributed by atoms with Crippen molar-refractivity contribution in [2.24, 2.45) is 0 Å². The Labute approximate surface area is 118 Å². The highest BCUT2D eigenvalue weighted by atomic mass is 35.5. The molecule has 0 saturated carbocycles. The summed E-state index contributed by atoms with van der Waals surface area (Å²) in [5.74, 6) is 0. The zero-order valence-electron chi connectivity index (χ0n) is 10.9. The molecule has 0 saturated heterocycles. The molecule has 0 aromatic heterocycles. The maximum atomic E-state index is 9.41. The lowest BCUT2D eigenvalue weighted by molar-refractivity contribution is 0.965. The minimum atomic E-state index is -0.375. The van der Waals surface area contributed by atoms with Crippen molar-refractivity contribution in [3.63, 3.8) is 0 Å². The van der Waals surface area contributed by atoms with E-state index >= 15 is 0 Å². The van der Waals surface area contributed by atoms with Crippen LogP contribution in [0.4, 0.5) is 5.69 Å². The number of hydrogen-bond acceptors (Lipinski definition) is 2. The molecule has 96 valence electrons. The van der Waals surface area contributed by atoms with E-state index < -0.39 is 0 Å². The van der Waals surface area contributed by atoms with Crippen molar-refractivity contribution in [2.75, 3.05) is 5.32 Å². The predicted octanol–water partition coefficient (Wildman–Crippen LogP) is 4.63. The highest BCUT2D eigenvalue weighted by Crippen LogP contribution is 2.26. The van der Waals surface area contributed by atoms with Gasteiger partial charge in [-0.2, -0.15) is 5.26 Å². The number of nitriles is 1. The van der Waals surface area contributed by atoms with Crippen molar-refractivity contribution >= 4 is 17.3 Å². The number of nitrogens with zero attached hydrogens (tertiary/aromatic N) is 1. The van der Waals surface area contributed by atoms with Gasteiger partial charge in [0, 0.05) is 10.7 Å². The van der Waals surface area contributed by atoms with Crippen LogP contribution >= 0.6 is 11.6 Å². The lowest BCUT2D eigenvalue weighted by Crippen LogP contribution is -2.11. The van der Waals surface area contributed by atoms with Gasteiger partial charge < -0.3 is 5.32 Å². The summed E-state index contributed by atoms with van der Waals surface area (Å²) in [6.07, 6.45) is 0. The number of benzene rings is 2. The van der Waals surface area contributed by atoms with Gasteiger partial charge in [-0.15, -0.1) is 0 Å². The minimum Gasteiger partial charge on any atom is -0.366 e. The Bertz CT molecular complexity index is 609. The molecule has 0 heterocycles. The highest BCUT2D eigenvalue weighted by Gasteiger charge is 2.15. The fourth-order valence-corrected chi connectivity index (χ4v) is 2.39. The normalized spacial score (nSPS) is 11.7. The second kappa shape index (κ2) is 5.77. The van der Waals surface area contributed by atoms with Gasteiger partial charge >= 0.3 is 0 Å². The molecule has 0 spiro atoms. The number of nitrogens with one attached hydrogen (secondary N) is 1. The molecule has 2 rings (SSSR count). The average molecular weight is 271 g/mol. The van der Waals surface area contributed by atoms with Crippen LogP contribution in [0.3, 0.4) is 0 Å². The summed E-state index contributed by atoms with van der Waals surface area (Å²) in [7, 11) is 0. The van der Waals surface area contributed by atoms with E-state index in [0.29, 0.717) is 5.02 Å². The van der Waals surface area contributed by atoms with E-state index in [0.717, 1.165) is 22.4 Å². The lowest BCUT2D eigenvalue weighted by Gasteiger charge is -2.18. The molecule has 2 nitrogen and oxygen atoms in total. The van der Waals surface area contributed by atoms with Gasteiger partial charge in [-0.05, 0) is 48.7 Å². The second-order valence-corrected chi connectivity index (χ2v) is 4.96. The first-order valence-corrected chi connectivity index (χ1v) is 6.47. The van der Waals surface area contributed by atoms with Crippen LogP contribution < -0.4 is 5.32 Å². The third-order valence-corrected chi connectivity index (χ3v) is 3.33. The van der Waals surface area contributed by atoms with E-state index in [1.54, 1.807) is 0 Å². The monoisotopic (exact) mass is 270 g/mol. The topological polar surface area (TPSA) is 35.8 Å². The minimum absolute atomic E-state index is 0.375. The van der Waals surface area contributed by atoms with Crippen LogP contribution in [-0.4, -0.2) is 0 Å². The van der Waals surface area contributed by atoms with Crippen LogP contribution in [0.1, 0.15) is 22.7 Å². The van der Waals surface area contributed by atoms with Gasteiger partial charge in [0.25, 0.3) is 0 Å². The van der Waals surface area contributed by atoms with Crippen LogP contribution in [0.5, 0.6) is 0 Å². The third kappa shape index (κ3) is 3.07. The maximum Gasteiger partial charge on any atom is 0.140 e. The zero-order valence-corrected chi connectivity index (χ0v) is 11.7. The standard InChI is InChI=1S/C16H15ClN2/c1-11-5-3-6-12(2)16(11)15(10-18)19-14-8-4-7-13(17)9-14/h3-9,15,19H,1-2H3. The summed E-state index contributed by atoms with van der Waals surface area (Å²) in [4.78, 5) is 0. The summed E-state index contributed by atoms with van der Waals surface area (Å²) >= 11 is 5.96. The van der Waals surface area contributed by atoms with Crippen molar-refractivity contribution in [1.82, 2.24) is 0 Å². The average Bonchev–Trinajstić information content (AvgIpc) is 2.37. The molecule has 0 radical (unpaired) electrons. The maximum absolute atomic E-state index is 9.41. The summed E-state index contributed by atoms with van der Waals surface area (Å²) in [6, 6.07) is 15.4. The summed E-state index contributed by atoms with van der Waals surface area (Å²) in [5, 5.41) is 13.3. The lowest BCUT2D eigenvalue weighted by atomic mass is 9.96. The molecule has 0 aliphatic carbocycles. The van der Waals surface area contributed by atoms with Crippen LogP contribution in [0.25, 0.3) is 0 Å². The SMILES string of the molecule is Cc1cccc(C)c1C(C#N)Nc1cccc(Cl)c1. The first kappa shape index (κ1) is 13.5. The fourth-order valence-electron chi connectivity index (χ4n) is 2.20. The largest absolute Gasteiger partial charge is 0.366 e. The van der Waals surface area contributed by atoms with Gasteiger partial charge in [-0.3, -0.25) is 0 Å². The molecule has 0 aliphatic rings. The van der Waals surface area contributed by atoms with Crippen molar-refractivity contribution < 1.29 is 0 Å². The summed E-state index contributed by atoms with van der Waals surface area (Å²) in [6.45, 7) is 4.04. The molecule has 1 N–H and O–H groups in total. The molecule has 2 aromatic rings. The zero-order chi connectivity index (χ0) is 13.8. The number of aryl methyl sites for hydroxylation is 2. The molecular formula is C16H15ClN2. The Morgan fingerprint density at radius 2 is 1.74 bits per heavy atom. The Morgan fingerprint density at radius 1 is 1.11 bits per heavy atom. The summed E-state index contributed by atoms with van der Waals surface area (Å²) in [5.41, 5.74) is 4.11. The van der Waals surface area contributed by atoms with E-state index in [4.69, 9.17) is 11.6 Å². The Morgan fingerprint density at radius 3 is 2.32 bits per heavy atom. The highest BCUT2D eigenvalue weighted by molar-refractivity contribution is 6.30. The van der Waals surface area contributed by atoms with Crippen molar-refractivity contribution in [3.8, 4) is 6.07 Å². The van der Waals surface area contributed by atoms with E-state index in [1.165, 1.54) is 0 Å². The molecule has 0 fully saturated rings. The first-order valence-electron chi connectivity index (χ1n) is 6.09. The number of halogens is 1. The van der Waals surface area contributed by atoms with E-state index in [2.05, 4.69) is 11.4 Å². The van der Waals surface area contributed by atoms with E-state index in [1.807, 2.05) is 56.3 Å². The van der Waals surface area contributed by atoms with E-state index in [9.17, 15) is 5.26 Å².